The molecule has 22 heavy (non-hydrogen) atoms. The van der Waals surface area contributed by atoms with Crippen LogP contribution < -0.4 is 4.90 Å². The molecule has 1 aliphatic rings. The number of carboxylic acids is 1. The number of nitrogens with zero attached hydrogens (tertiary/aromatic N) is 5. The van der Waals surface area contributed by atoms with Crippen LogP contribution in [0.25, 0.3) is 11.4 Å². The van der Waals surface area contributed by atoms with Crippen LogP contribution in [0.15, 0.2) is 30.6 Å². The highest BCUT2D eigenvalue weighted by Gasteiger charge is 2.17. The molecule has 7 nitrogen and oxygen atoms in total. The van der Waals surface area contributed by atoms with E-state index in [0.29, 0.717) is 17.3 Å². The number of hydrogen-bond acceptors (Lipinski definition) is 6. The number of carbonyl (C=O) groups is 1. The summed E-state index contributed by atoms with van der Waals surface area (Å²) in [6, 6.07) is 4.74. The SMILES string of the molecule is CN1CCN(c2nccc(-c3cc(C(=O)O)ccn3)n2)CC1. The molecule has 1 saturated heterocycles. The smallest absolute Gasteiger partial charge is 0.335 e. The van der Waals surface area contributed by atoms with Crippen molar-refractivity contribution >= 4 is 11.9 Å². The van der Waals surface area contributed by atoms with E-state index in [0.717, 1.165) is 26.2 Å². The molecule has 0 spiro atoms. The monoisotopic (exact) mass is 299 g/mol. The molecular formula is C15H17N5O2. The number of piperazine rings is 1. The summed E-state index contributed by atoms with van der Waals surface area (Å²) in [5, 5.41) is 9.07. The summed E-state index contributed by atoms with van der Waals surface area (Å²) in [7, 11) is 2.09. The molecule has 1 N–H and O–H groups in total. The molecule has 3 rings (SSSR count). The Kier molecular flexibility index (Phi) is 3.97. The molecule has 1 aliphatic heterocycles. The first kappa shape index (κ1) is 14.4. The number of rotatable bonds is 3. The average Bonchev–Trinajstić information content (AvgIpc) is 2.56. The fourth-order valence-electron chi connectivity index (χ4n) is 2.35. The van der Waals surface area contributed by atoms with Crippen molar-refractivity contribution in [1.82, 2.24) is 19.9 Å². The zero-order valence-corrected chi connectivity index (χ0v) is 12.3. The van der Waals surface area contributed by atoms with E-state index in [1.165, 1.54) is 18.3 Å². The standard InChI is InChI=1S/C15H17N5O2/c1-19-6-8-20(9-7-19)15-17-5-3-12(18-15)13-10-11(14(21)22)2-4-16-13/h2-5,10H,6-9H2,1H3,(H,21,22). The van der Waals surface area contributed by atoms with Crippen LogP contribution in [0.1, 0.15) is 10.4 Å². The van der Waals surface area contributed by atoms with Gasteiger partial charge in [0.05, 0.1) is 17.0 Å². The van der Waals surface area contributed by atoms with Crippen molar-refractivity contribution in [2.24, 2.45) is 0 Å². The minimum atomic E-state index is -0.975. The van der Waals surface area contributed by atoms with Crippen LogP contribution in [-0.2, 0) is 0 Å². The minimum Gasteiger partial charge on any atom is -0.478 e. The lowest BCUT2D eigenvalue weighted by Crippen LogP contribution is -2.45. The Labute approximate surface area is 128 Å². The molecule has 1 fully saturated rings. The zero-order valence-electron chi connectivity index (χ0n) is 12.3. The molecule has 0 bridgehead atoms. The molecule has 3 heterocycles. The number of carboxylic acid groups (broad SMARTS) is 1. The number of aromatic carboxylic acids is 1. The maximum Gasteiger partial charge on any atom is 0.335 e. The van der Waals surface area contributed by atoms with Crippen molar-refractivity contribution in [2.75, 3.05) is 38.1 Å². The number of anilines is 1. The average molecular weight is 299 g/mol. The molecule has 2 aromatic rings. The lowest BCUT2D eigenvalue weighted by molar-refractivity contribution is 0.0697. The van der Waals surface area contributed by atoms with Crippen molar-refractivity contribution in [3.05, 3.63) is 36.2 Å². The van der Waals surface area contributed by atoms with Gasteiger partial charge in [0, 0.05) is 38.6 Å². The van der Waals surface area contributed by atoms with Gasteiger partial charge in [-0.25, -0.2) is 14.8 Å². The van der Waals surface area contributed by atoms with Gasteiger partial charge in [-0.15, -0.1) is 0 Å². The van der Waals surface area contributed by atoms with Crippen LogP contribution in [0.4, 0.5) is 5.95 Å². The van der Waals surface area contributed by atoms with Crippen LogP contribution in [0.5, 0.6) is 0 Å². The second kappa shape index (κ2) is 6.07. The summed E-state index contributed by atoms with van der Waals surface area (Å²) < 4.78 is 0. The maximum atomic E-state index is 11.1. The first-order valence-corrected chi connectivity index (χ1v) is 7.10. The molecule has 7 heteroatoms. The van der Waals surface area contributed by atoms with Crippen molar-refractivity contribution in [3.63, 3.8) is 0 Å². The number of hydrogen-bond donors (Lipinski definition) is 1. The Morgan fingerprint density at radius 1 is 1.09 bits per heavy atom. The van der Waals surface area contributed by atoms with E-state index < -0.39 is 5.97 Å². The second-order valence-corrected chi connectivity index (χ2v) is 5.27. The van der Waals surface area contributed by atoms with Gasteiger partial charge >= 0.3 is 5.97 Å². The molecule has 0 amide bonds. The predicted molar refractivity (Wildman–Crippen MR) is 81.9 cm³/mol. The normalized spacial score (nSPS) is 15.8. The van der Waals surface area contributed by atoms with E-state index in [9.17, 15) is 4.79 Å². The van der Waals surface area contributed by atoms with E-state index in [4.69, 9.17) is 5.11 Å². The summed E-state index contributed by atoms with van der Waals surface area (Å²) in [6.07, 6.45) is 3.17. The number of likely N-dealkylation sites (N-methyl/N-ethyl adjacent to an activating group) is 1. The predicted octanol–water partition coefficient (Wildman–Crippen LogP) is 0.989. The third-order valence-electron chi connectivity index (χ3n) is 3.70. The van der Waals surface area contributed by atoms with Gasteiger partial charge in [0.2, 0.25) is 5.95 Å². The first-order valence-electron chi connectivity index (χ1n) is 7.10. The number of pyridine rings is 1. The quantitative estimate of drug-likeness (QED) is 0.905. The van der Waals surface area contributed by atoms with E-state index in [2.05, 4.69) is 31.8 Å². The van der Waals surface area contributed by atoms with Crippen LogP contribution in [0.3, 0.4) is 0 Å². The summed E-state index contributed by atoms with van der Waals surface area (Å²) in [4.78, 5) is 28.5. The van der Waals surface area contributed by atoms with Gasteiger partial charge in [-0.3, -0.25) is 4.98 Å². The molecule has 0 radical (unpaired) electrons. The molecule has 0 unspecified atom stereocenters. The van der Waals surface area contributed by atoms with Gasteiger partial charge in [-0.1, -0.05) is 0 Å². The highest BCUT2D eigenvalue weighted by atomic mass is 16.4. The topological polar surface area (TPSA) is 82.5 Å². The fraction of sp³-hybridized carbons (Fsp3) is 0.333. The van der Waals surface area contributed by atoms with E-state index in [1.807, 2.05) is 0 Å². The van der Waals surface area contributed by atoms with Crippen LogP contribution in [-0.4, -0.2) is 64.2 Å². The molecule has 0 aromatic carbocycles. The minimum absolute atomic E-state index is 0.199. The van der Waals surface area contributed by atoms with Crippen LogP contribution in [0, 0.1) is 0 Å². The number of aromatic nitrogens is 3. The summed E-state index contributed by atoms with van der Waals surface area (Å²) in [5.41, 5.74) is 1.37. The zero-order chi connectivity index (χ0) is 15.5. The summed E-state index contributed by atoms with van der Waals surface area (Å²) in [5.74, 6) is -0.315. The van der Waals surface area contributed by atoms with E-state index >= 15 is 0 Å². The Morgan fingerprint density at radius 3 is 2.55 bits per heavy atom. The van der Waals surface area contributed by atoms with Crippen molar-refractivity contribution in [1.29, 1.82) is 0 Å². The Balaban J connectivity index is 1.88. The summed E-state index contributed by atoms with van der Waals surface area (Å²) in [6.45, 7) is 3.70. The van der Waals surface area contributed by atoms with E-state index in [-0.39, 0.29) is 5.56 Å². The van der Waals surface area contributed by atoms with Gasteiger partial charge < -0.3 is 14.9 Å². The largest absolute Gasteiger partial charge is 0.478 e. The van der Waals surface area contributed by atoms with Gasteiger partial charge in [0.15, 0.2) is 0 Å². The first-order chi connectivity index (χ1) is 10.6. The van der Waals surface area contributed by atoms with Crippen molar-refractivity contribution in [2.45, 2.75) is 0 Å². The molecule has 114 valence electrons. The van der Waals surface area contributed by atoms with Gasteiger partial charge in [-0.05, 0) is 25.2 Å². The van der Waals surface area contributed by atoms with Crippen LogP contribution >= 0.6 is 0 Å². The molecular weight excluding hydrogens is 282 g/mol. The Hall–Kier alpha value is -2.54. The second-order valence-electron chi connectivity index (χ2n) is 5.27. The lowest BCUT2D eigenvalue weighted by atomic mass is 10.2. The maximum absolute atomic E-state index is 11.1. The molecule has 0 saturated carbocycles. The Morgan fingerprint density at radius 2 is 1.82 bits per heavy atom. The highest BCUT2D eigenvalue weighted by molar-refractivity contribution is 5.88. The van der Waals surface area contributed by atoms with Crippen molar-refractivity contribution < 1.29 is 9.90 Å². The Bertz CT molecular complexity index is 683. The third kappa shape index (κ3) is 3.04. The van der Waals surface area contributed by atoms with Gasteiger partial charge in [-0.2, -0.15) is 0 Å². The summed E-state index contributed by atoms with van der Waals surface area (Å²) >= 11 is 0. The molecule has 2 aromatic heterocycles. The highest BCUT2D eigenvalue weighted by Crippen LogP contribution is 2.18. The lowest BCUT2D eigenvalue weighted by Gasteiger charge is -2.32. The van der Waals surface area contributed by atoms with Gasteiger partial charge in [0.1, 0.15) is 0 Å². The van der Waals surface area contributed by atoms with Crippen LogP contribution in [0.2, 0.25) is 0 Å². The van der Waals surface area contributed by atoms with Gasteiger partial charge in [0.25, 0.3) is 0 Å². The fourth-order valence-corrected chi connectivity index (χ4v) is 2.35. The molecule has 0 atom stereocenters. The molecule has 0 aliphatic carbocycles. The third-order valence-corrected chi connectivity index (χ3v) is 3.70. The van der Waals surface area contributed by atoms with E-state index in [1.54, 1.807) is 12.3 Å². The van der Waals surface area contributed by atoms with Crippen molar-refractivity contribution in [3.8, 4) is 11.4 Å².